The van der Waals surface area contributed by atoms with E-state index in [2.05, 4.69) is 10.6 Å². The van der Waals surface area contributed by atoms with E-state index in [9.17, 15) is 15.0 Å². The van der Waals surface area contributed by atoms with Gasteiger partial charge in [-0.15, -0.1) is 0 Å². The Hall–Kier alpha value is -1.75. The van der Waals surface area contributed by atoms with Crippen molar-refractivity contribution in [3.63, 3.8) is 0 Å². The van der Waals surface area contributed by atoms with Crippen LogP contribution >= 0.6 is 0 Å². The molecule has 1 aliphatic rings. The van der Waals surface area contributed by atoms with Gasteiger partial charge in [0, 0.05) is 12.1 Å². The van der Waals surface area contributed by atoms with Crippen LogP contribution < -0.4 is 10.6 Å². The summed E-state index contributed by atoms with van der Waals surface area (Å²) in [4.78, 5) is 11.8. The number of benzene rings is 1. The van der Waals surface area contributed by atoms with E-state index in [-0.39, 0.29) is 17.4 Å². The molecule has 0 radical (unpaired) electrons. The molecule has 1 aliphatic heterocycles. The Kier molecular flexibility index (Phi) is 4.63. The maximum Gasteiger partial charge on any atom is 0.251 e. The number of aromatic hydroxyl groups is 2. The van der Waals surface area contributed by atoms with Gasteiger partial charge in [-0.25, -0.2) is 0 Å². The molecule has 1 amide bonds. The highest BCUT2D eigenvalue weighted by atomic mass is 16.3. The third-order valence-corrected chi connectivity index (χ3v) is 3.47. The number of phenols is 2. The molecule has 104 valence electrons. The van der Waals surface area contributed by atoms with Gasteiger partial charge >= 0.3 is 0 Å². The monoisotopic (exact) mass is 264 g/mol. The summed E-state index contributed by atoms with van der Waals surface area (Å²) >= 11 is 0. The number of phenolic OH excluding ortho intramolecular Hbond substituents is 2. The fourth-order valence-electron chi connectivity index (χ4n) is 2.33. The normalized spacial score (nSPS) is 19.1. The second-order valence-electron chi connectivity index (χ2n) is 4.96. The Morgan fingerprint density at radius 1 is 1.37 bits per heavy atom. The molecule has 1 aromatic carbocycles. The Morgan fingerprint density at radius 3 is 2.89 bits per heavy atom. The van der Waals surface area contributed by atoms with Crippen LogP contribution in [-0.4, -0.2) is 35.8 Å². The predicted molar refractivity (Wildman–Crippen MR) is 72.3 cm³/mol. The lowest BCUT2D eigenvalue weighted by Crippen LogP contribution is -2.33. The van der Waals surface area contributed by atoms with Crippen LogP contribution in [0.3, 0.4) is 0 Å². The molecule has 0 saturated carbocycles. The fraction of sp³-hybridized carbons (Fsp3) is 0.500. The summed E-state index contributed by atoms with van der Waals surface area (Å²) in [5.41, 5.74) is 0.358. The molecular weight excluding hydrogens is 244 g/mol. The summed E-state index contributed by atoms with van der Waals surface area (Å²) in [5, 5.41) is 24.7. The fourth-order valence-corrected chi connectivity index (χ4v) is 2.33. The molecule has 1 unspecified atom stereocenters. The van der Waals surface area contributed by atoms with Crippen molar-refractivity contribution in [2.24, 2.45) is 5.92 Å². The van der Waals surface area contributed by atoms with E-state index in [1.54, 1.807) is 0 Å². The first-order valence-corrected chi connectivity index (χ1v) is 6.67. The van der Waals surface area contributed by atoms with Gasteiger partial charge < -0.3 is 20.8 Å². The van der Waals surface area contributed by atoms with Crippen LogP contribution in [0.15, 0.2) is 18.2 Å². The summed E-state index contributed by atoms with van der Waals surface area (Å²) in [6, 6.07) is 4.08. The van der Waals surface area contributed by atoms with Crippen LogP contribution in [-0.2, 0) is 0 Å². The average Bonchev–Trinajstić information content (AvgIpc) is 2.43. The van der Waals surface area contributed by atoms with Crippen LogP contribution in [0, 0.1) is 5.92 Å². The molecular formula is C14H20N2O3. The van der Waals surface area contributed by atoms with Crippen LogP contribution in [0.25, 0.3) is 0 Å². The highest BCUT2D eigenvalue weighted by molar-refractivity contribution is 5.94. The molecule has 0 aromatic heterocycles. The van der Waals surface area contributed by atoms with Gasteiger partial charge in [-0.1, -0.05) is 0 Å². The van der Waals surface area contributed by atoms with Gasteiger partial charge in [0.15, 0.2) is 11.5 Å². The first-order valence-electron chi connectivity index (χ1n) is 6.67. The highest BCUT2D eigenvalue weighted by Gasteiger charge is 2.13. The number of hydrogen-bond acceptors (Lipinski definition) is 4. The molecule has 1 aromatic rings. The summed E-state index contributed by atoms with van der Waals surface area (Å²) in [6.45, 7) is 2.75. The van der Waals surface area contributed by atoms with Crippen molar-refractivity contribution in [3.8, 4) is 11.5 Å². The molecule has 0 aliphatic carbocycles. The number of rotatable bonds is 4. The number of carbonyl (C=O) groups excluding carboxylic acids is 1. The summed E-state index contributed by atoms with van der Waals surface area (Å²) < 4.78 is 0. The van der Waals surface area contributed by atoms with Gasteiger partial charge in [-0.2, -0.15) is 0 Å². The van der Waals surface area contributed by atoms with Gasteiger partial charge in [0.1, 0.15) is 0 Å². The lowest BCUT2D eigenvalue weighted by molar-refractivity contribution is 0.0950. The van der Waals surface area contributed by atoms with Crippen molar-refractivity contribution in [1.82, 2.24) is 10.6 Å². The number of nitrogens with one attached hydrogen (secondary N) is 2. The molecule has 5 nitrogen and oxygen atoms in total. The minimum atomic E-state index is -0.274. The maximum absolute atomic E-state index is 11.8. The molecule has 19 heavy (non-hydrogen) atoms. The van der Waals surface area contributed by atoms with Crippen molar-refractivity contribution in [1.29, 1.82) is 0 Å². The van der Waals surface area contributed by atoms with Gasteiger partial charge in [0.05, 0.1) is 0 Å². The van der Waals surface area contributed by atoms with Crippen LogP contribution in [0.5, 0.6) is 11.5 Å². The average molecular weight is 264 g/mol. The Balaban J connectivity index is 1.78. The molecule has 1 fully saturated rings. The zero-order valence-electron chi connectivity index (χ0n) is 10.9. The van der Waals surface area contributed by atoms with E-state index in [1.165, 1.54) is 31.0 Å². The van der Waals surface area contributed by atoms with E-state index < -0.39 is 0 Å². The number of amides is 1. The molecule has 0 bridgehead atoms. The molecule has 5 heteroatoms. The number of piperidine rings is 1. The minimum Gasteiger partial charge on any atom is -0.504 e. The minimum absolute atomic E-state index is 0.218. The molecule has 4 N–H and O–H groups in total. The van der Waals surface area contributed by atoms with Gasteiger partial charge in [0.25, 0.3) is 5.91 Å². The van der Waals surface area contributed by atoms with E-state index in [4.69, 9.17) is 0 Å². The first-order chi connectivity index (χ1) is 9.16. The number of hydrogen-bond donors (Lipinski definition) is 4. The van der Waals surface area contributed by atoms with Crippen molar-refractivity contribution >= 4 is 5.91 Å². The highest BCUT2D eigenvalue weighted by Crippen LogP contribution is 2.24. The molecule has 1 saturated heterocycles. The van der Waals surface area contributed by atoms with E-state index in [0.29, 0.717) is 18.0 Å². The molecule has 1 atom stereocenters. The van der Waals surface area contributed by atoms with Crippen molar-refractivity contribution in [2.45, 2.75) is 19.3 Å². The predicted octanol–water partition coefficient (Wildman–Crippen LogP) is 1.22. The Morgan fingerprint density at radius 2 is 2.21 bits per heavy atom. The van der Waals surface area contributed by atoms with Crippen molar-refractivity contribution < 1.29 is 15.0 Å². The van der Waals surface area contributed by atoms with Gasteiger partial charge in [-0.3, -0.25) is 4.79 Å². The number of carbonyl (C=O) groups is 1. The lowest BCUT2D eigenvalue weighted by Gasteiger charge is -2.22. The third kappa shape index (κ3) is 3.86. The second kappa shape index (κ2) is 6.43. The standard InChI is InChI=1S/C14H20N2O3/c17-12-4-3-11(8-13(12)18)14(19)16-7-5-10-2-1-6-15-9-10/h3-4,8,10,15,17-18H,1-2,5-7,9H2,(H,16,19). The quantitative estimate of drug-likeness (QED) is 0.616. The SMILES string of the molecule is O=C(NCCC1CCCNC1)c1ccc(O)c(O)c1. The van der Waals surface area contributed by atoms with Crippen LogP contribution in [0.4, 0.5) is 0 Å². The third-order valence-electron chi connectivity index (χ3n) is 3.47. The molecule has 2 rings (SSSR count). The zero-order chi connectivity index (χ0) is 13.7. The van der Waals surface area contributed by atoms with Crippen molar-refractivity contribution in [3.05, 3.63) is 23.8 Å². The van der Waals surface area contributed by atoms with E-state index >= 15 is 0 Å². The summed E-state index contributed by atoms with van der Waals surface area (Å²) in [5.74, 6) is -0.0877. The topological polar surface area (TPSA) is 81.6 Å². The van der Waals surface area contributed by atoms with Crippen molar-refractivity contribution in [2.75, 3.05) is 19.6 Å². The summed E-state index contributed by atoms with van der Waals surface area (Å²) in [6.07, 6.45) is 3.37. The van der Waals surface area contributed by atoms with E-state index in [1.807, 2.05) is 0 Å². The zero-order valence-corrected chi connectivity index (χ0v) is 10.9. The Bertz CT molecular complexity index is 442. The molecule has 1 heterocycles. The largest absolute Gasteiger partial charge is 0.504 e. The van der Waals surface area contributed by atoms with Crippen LogP contribution in [0.2, 0.25) is 0 Å². The van der Waals surface area contributed by atoms with E-state index in [0.717, 1.165) is 19.5 Å². The summed E-state index contributed by atoms with van der Waals surface area (Å²) in [7, 11) is 0. The lowest BCUT2D eigenvalue weighted by atomic mass is 9.96. The van der Waals surface area contributed by atoms with Gasteiger partial charge in [0.2, 0.25) is 0 Å². The van der Waals surface area contributed by atoms with Crippen LogP contribution in [0.1, 0.15) is 29.6 Å². The van der Waals surface area contributed by atoms with Gasteiger partial charge in [-0.05, 0) is 56.5 Å². The first kappa shape index (κ1) is 13.7. The smallest absolute Gasteiger partial charge is 0.251 e. The maximum atomic E-state index is 11.8. The Labute approximate surface area is 112 Å². The second-order valence-corrected chi connectivity index (χ2v) is 4.96. The molecule has 0 spiro atoms.